The number of nitrogens with one attached hydrogen (secondary N) is 1. The minimum atomic E-state index is 0.509. The molecule has 0 radical (unpaired) electrons. The number of benzene rings is 2. The lowest BCUT2D eigenvalue weighted by Gasteiger charge is -2.14. The van der Waals surface area contributed by atoms with Crippen molar-refractivity contribution in [3.63, 3.8) is 0 Å². The summed E-state index contributed by atoms with van der Waals surface area (Å²) in [6, 6.07) is 11.8. The van der Waals surface area contributed by atoms with Crippen LogP contribution in [0.15, 0.2) is 36.4 Å². The second-order valence-corrected chi connectivity index (χ2v) is 6.16. The van der Waals surface area contributed by atoms with Crippen LogP contribution in [0.25, 0.3) is 16.7 Å². The Bertz CT molecular complexity index is 880. The third-order valence-corrected chi connectivity index (χ3v) is 4.34. The van der Waals surface area contributed by atoms with E-state index in [-0.39, 0.29) is 0 Å². The third kappa shape index (κ3) is 2.55. The van der Waals surface area contributed by atoms with Gasteiger partial charge in [-0.25, -0.2) is 0 Å². The number of anilines is 1. The predicted octanol–water partition coefficient (Wildman–Crippen LogP) is 5.06. The van der Waals surface area contributed by atoms with E-state index in [1.54, 1.807) is 6.07 Å². The van der Waals surface area contributed by atoms with Gasteiger partial charge >= 0.3 is 0 Å². The van der Waals surface area contributed by atoms with Gasteiger partial charge < -0.3 is 9.88 Å². The van der Waals surface area contributed by atoms with Crippen LogP contribution < -0.4 is 4.90 Å². The minimum absolute atomic E-state index is 0.509. The average molecular weight is 338 g/mol. The van der Waals surface area contributed by atoms with E-state index in [0.717, 1.165) is 22.4 Å². The lowest BCUT2D eigenvalue weighted by Crippen LogP contribution is -2.09. The van der Waals surface area contributed by atoms with Gasteiger partial charge in [0, 0.05) is 19.8 Å². The van der Waals surface area contributed by atoms with Crippen LogP contribution in [0, 0.1) is 4.77 Å². The number of nitrogens with zero attached hydrogens (tertiary/aromatic N) is 2. The van der Waals surface area contributed by atoms with E-state index in [1.165, 1.54) is 0 Å². The number of fused-ring (bicyclic) bond motifs is 1. The standard InChI is InChI=1S/C15H13Cl2N3S/c1-19(2)9-4-3-5-10(6-9)20-14-8-12(17)11(16)7-13(14)18-15(20)21/h3-8H,1-2H3,(H,18,21). The Morgan fingerprint density at radius 2 is 1.81 bits per heavy atom. The summed E-state index contributed by atoms with van der Waals surface area (Å²) in [7, 11) is 4.01. The first-order valence-electron chi connectivity index (χ1n) is 6.35. The maximum absolute atomic E-state index is 6.14. The molecule has 1 heterocycles. The first-order valence-corrected chi connectivity index (χ1v) is 7.51. The molecule has 0 aliphatic carbocycles. The lowest BCUT2D eigenvalue weighted by molar-refractivity contribution is 1.05. The van der Waals surface area contributed by atoms with Crippen molar-refractivity contribution in [2.75, 3.05) is 19.0 Å². The van der Waals surface area contributed by atoms with Crippen LogP contribution in [-0.2, 0) is 0 Å². The second kappa shape index (κ2) is 5.37. The van der Waals surface area contributed by atoms with Crippen molar-refractivity contribution in [1.82, 2.24) is 9.55 Å². The molecule has 0 aliphatic heterocycles. The highest BCUT2D eigenvalue weighted by Gasteiger charge is 2.10. The van der Waals surface area contributed by atoms with Gasteiger partial charge in [0.05, 0.1) is 26.8 Å². The van der Waals surface area contributed by atoms with Gasteiger partial charge in [-0.2, -0.15) is 0 Å². The minimum Gasteiger partial charge on any atom is -0.378 e. The molecule has 21 heavy (non-hydrogen) atoms. The zero-order chi connectivity index (χ0) is 15.1. The molecule has 1 aromatic heterocycles. The zero-order valence-corrected chi connectivity index (χ0v) is 13.9. The summed E-state index contributed by atoms with van der Waals surface area (Å²) >= 11 is 17.6. The molecule has 108 valence electrons. The summed E-state index contributed by atoms with van der Waals surface area (Å²) in [5.74, 6) is 0. The fourth-order valence-electron chi connectivity index (χ4n) is 2.27. The highest BCUT2D eigenvalue weighted by atomic mass is 35.5. The van der Waals surface area contributed by atoms with Crippen molar-refractivity contribution < 1.29 is 0 Å². The molecule has 0 bridgehead atoms. The molecule has 0 saturated carbocycles. The molecule has 6 heteroatoms. The van der Waals surface area contributed by atoms with E-state index in [4.69, 9.17) is 35.4 Å². The number of rotatable bonds is 2. The summed E-state index contributed by atoms with van der Waals surface area (Å²) in [5, 5.41) is 1.02. The molecule has 0 unspecified atom stereocenters. The molecule has 3 aromatic rings. The number of aromatic amines is 1. The van der Waals surface area contributed by atoms with Crippen molar-refractivity contribution in [3.05, 3.63) is 51.2 Å². The van der Waals surface area contributed by atoms with E-state index < -0.39 is 0 Å². The number of halogens is 2. The molecule has 0 aliphatic rings. The normalized spacial score (nSPS) is 11.0. The van der Waals surface area contributed by atoms with Crippen molar-refractivity contribution in [1.29, 1.82) is 0 Å². The molecule has 3 rings (SSSR count). The van der Waals surface area contributed by atoms with E-state index in [1.807, 2.05) is 47.8 Å². The highest BCUT2D eigenvalue weighted by Crippen LogP contribution is 2.30. The van der Waals surface area contributed by atoms with E-state index in [0.29, 0.717) is 14.8 Å². The maximum atomic E-state index is 6.14. The molecule has 0 fully saturated rings. The van der Waals surface area contributed by atoms with Crippen LogP contribution in [0.1, 0.15) is 0 Å². The molecule has 0 amide bonds. The largest absolute Gasteiger partial charge is 0.378 e. The molecule has 1 N–H and O–H groups in total. The summed E-state index contributed by atoms with van der Waals surface area (Å²) in [6.45, 7) is 0. The van der Waals surface area contributed by atoms with Crippen LogP contribution >= 0.6 is 35.4 Å². The Labute approximate surface area is 137 Å². The smallest absolute Gasteiger partial charge is 0.182 e. The van der Waals surface area contributed by atoms with Crippen molar-refractivity contribution >= 4 is 52.1 Å². The van der Waals surface area contributed by atoms with Crippen LogP contribution in [0.2, 0.25) is 10.0 Å². The van der Waals surface area contributed by atoms with Gasteiger partial charge in [0.1, 0.15) is 0 Å². The lowest BCUT2D eigenvalue weighted by atomic mass is 10.2. The van der Waals surface area contributed by atoms with E-state index >= 15 is 0 Å². The Kier molecular flexibility index (Phi) is 3.69. The fraction of sp³-hybridized carbons (Fsp3) is 0.133. The maximum Gasteiger partial charge on any atom is 0.182 e. The van der Waals surface area contributed by atoms with Gasteiger partial charge in [-0.15, -0.1) is 0 Å². The van der Waals surface area contributed by atoms with Crippen LogP contribution in [-0.4, -0.2) is 23.6 Å². The van der Waals surface area contributed by atoms with E-state index in [9.17, 15) is 0 Å². The van der Waals surface area contributed by atoms with Gasteiger partial charge in [-0.05, 0) is 42.5 Å². The number of H-pyrrole nitrogens is 1. The Balaban J connectivity index is 2.30. The topological polar surface area (TPSA) is 24.0 Å². The zero-order valence-electron chi connectivity index (χ0n) is 11.5. The fourth-order valence-corrected chi connectivity index (χ4v) is 2.90. The van der Waals surface area contributed by atoms with E-state index in [2.05, 4.69) is 11.1 Å². The summed E-state index contributed by atoms with van der Waals surface area (Å²) < 4.78 is 2.57. The van der Waals surface area contributed by atoms with Crippen LogP contribution in [0.4, 0.5) is 5.69 Å². The second-order valence-electron chi connectivity index (χ2n) is 4.96. The first kappa shape index (κ1) is 14.4. The predicted molar refractivity (Wildman–Crippen MR) is 92.8 cm³/mol. The van der Waals surface area contributed by atoms with Crippen molar-refractivity contribution in [2.45, 2.75) is 0 Å². The first-order chi connectivity index (χ1) is 9.97. The van der Waals surface area contributed by atoms with Gasteiger partial charge in [0.2, 0.25) is 0 Å². The van der Waals surface area contributed by atoms with Crippen LogP contribution in [0.5, 0.6) is 0 Å². The third-order valence-electron chi connectivity index (χ3n) is 3.33. The van der Waals surface area contributed by atoms with Gasteiger partial charge in [0.25, 0.3) is 0 Å². The monoisotopic (exact) mass is 337 g/mol. The average Bonchev–Trinajstić information content (AvgIpc) is 2.74. The number of imidazole rings is 1. The molecule has 3 nitrogen and oxygen atoms in total. The summed E-state index contributed by atoms with van der Waals surface area (Å²) in [4.78, 5) is 5.21. The molecule has 2 aromatic carbocycles. The summed E-state index contributed by atoms with van der Waals surface area (Å²) in [6.07, 6.45) is 0. The molecule has 0 spiro atoms. The van der Waals surface area contributed by atoms with Crippen molar-refractivity contribution in [3.8, 4) is 5.69 Å². The Morgan fingerprint density at radius 1 is 1.10 bits per heavy atom. The highest BCUT2D eigenvalue weighted by molar-refractivity contribution is 7.71. The molecular weight excluding hydrogens is 325 g/mol. The Morgan fingerprint density at radius 3 is 2.52 bits per heavy atom. The van der Waals surface area contributed by atoms with Crippen LogP contribution in [0.3, 0.4) is 0 Å². The quantitative estimate of drug-likeness (QED) is 0.660. The van der Waals surface area contributed by atoms with Crippen molar-refractivity contribution in [2.24, 2.45) is 0 Å². The molecule has 0 atom stereocenters. The molecule has 0 saturated heterocycles. The van der Waals surface area contributed by atoms with Gasteiger partial charge in [0.15, 0.2) is 4.77 Å². The number of aromatic nitrogens is 2. The number of hydrogen-bond acceptors (Lipinski definition) is 2. The number of hydrogen-bond donors (Lipinski definition) is 1. The molecular formula is C15H13Cl2N3S. The summed E-state index contributed by atoms with van der Waals surface area (Å²) in [5.41, 5.74) is 3.86. The van der Waals surface area contributed by atoms with Gasteiger partial charge in [-0.1, -0.05) is 29.3 Å². The Hall–Kier alpha value is -1.49. The SMILES string of the molecule is CN(C)c1cccc(-n2c(=S)[nH]c3cc(Cl)c(Cl)cc32)c1. The van der Waals surface area contributed by atoms with Gasteiger partial charge in [-0.3, -0.25) is 4.57 Å².